The number of aromatic nitrogens is 3. The zero-order chi connectivity index (χ0) is 14.2. The molecule has 0 fully saturated rings. The molecule has 1 aromatic heterocycles. The molecule has 0 spiro atoms. The first kappa shape index (κ1) is 13.7. The Balaban J connectivity index is 2.38. The van der Waals surface area contributed by atoms with Crippen LogP contribution < -0.4 is 5.73 Å². The molecule has 2 N–H and O–H groups in total. The third-order valence-corrected chi connectivity index (χ3v) is 3.34. The molecule has 0 saturated heterocycles. The first-order valence-electron chi connectivity index (χ1n) is 6.59. The Kier molecular flexibility index (Phi) is 3.45. The van der Waals surface area contributed by atoms with E-state index in [9.17, 15) is 0 Å². The molecule has 102 valence electrons. The van der Waals surface area contributed by atoms with E-state index in [4.69, 9.17) is 5.73 Å². The summed E-state index contributed by atoms with van der Waals surface area (Å²) >= 11 is 0. The van der Waals surface area contributed by atoms with Crippen molar-refractivity contribution >= 4 is 0 Å². The maximum atomic E-state index is 5.87. The third-order valence-electron chi connectivity index (χ3n) is 3.34. The molecule has 1 unspecified atom stereocenters. The Labute approximate surface area is 114 Å². The molecule has 2 rings (SSSR count). The van der Waals surface area contributed by atoms with Crippen molar-refractivity contribution in [1.82, 2.24) is 15.0 Å². The van der Waals surface area contributed by atoms with Gasteiger partial charge in [0.25, 0.3) is 0 Å². The molecule has 0 aliphatic carbocycles. The average molecular weight is 258 g/mol. The van der Waals surface area contributed by atoms with Crippen LogP contribution in [0.2, 0.25) is 0 Å². The summed E-state index contributed by atoms with van der Waals surface area (Å²) in [5.41, 5.74) is 10.2. The molecule has 4 nitrogen and oxygen atoms in total. The standard InChI is InChI=1S/C15H22N4/c1-10(16)14-11(2)19(18-17-14)13-8-6-12(7-9-13)15(3,4)5/h6-10H,16H2,1-5H3. The fourth-order valence-electron chi connectivity index (χ4n) is 2.11. The van der Waals surface area contributed by atoms with Crippen LogP contribution in [0.1, 0.15) is 50.7 Å². The Morgan fingerprint density at radius 1 is 1.16 bits per heavy atom. The van der Waals surface area contributed by atoms with Gasteiger partial charge in [0.2, 0.25) is 0 Å². The first-order chi connectivity index (χ1) is 8.80. The van der Waals surface area contributed by atoms with Gasteiger partial charge in [0, 0.05) is 6.04 Å². The predicted octanol–water partition coefficient (Wildman–Crippen LogP) is 2.89. The van der Waals surface area contributed by atoms with Crippen molar-refractivity contribution in [2.24, 2.45) is 5.73 Å². The van der Waals surface area contributed by atoms with Crippen LogP contribution in [-0.4, -0.2) is 15.0 Å². The maximum Gasteiger partial charge on any atom is 0.102 e. The lowest BCUT2D eigenvalue weighted by Crippen LogP contribution is -2.11. The van der Waals surface area contributed by atoms with Gasteiger partial charge in [-0.1, -0.05) is 38.1 Å². The molecule has 1 heterocycles. The SMILES string of the molecule is Cc1c(C(C)N)nnn1-c1ccc(C(C)(C)C)cc1. The number of nitrogens with two attached hydrogens (primary N) is 1. The van der Waals surface area contributed by atoms with Gasteiger partial charge in [-0.25, -0.2) is 4.68 Å². The van der Waals surface area contributed by atoms with E-state index in [-0.39, 0.29) is 11.5 Å². The lowest BCUT2D eigenvalue weighted by Gasteiger charge is -2.19. The van der Waals surface area contributed by atoms with Crippen LogP contribution >= 0.6 is 0 Å². The van der Waals surface area contributed by atoms with Gasteiger partial charge in [-0.15, -0.1) is 5.10 Å². The molecule has 19 heavy (non-hydrogen) atoms. The summed E-state index contributed by atoms with van der Waals surface area (Å²) in [5.74, 6) is 0. The molecule has 0 aliphatic heterocycles. The zero-order valence-electron chi connectivity index (χ0n) is 12.3. The van der Waals surface area contributed by atoms with Gasteiger partial charge in [0.15, 0.2) is 0 Å². The van der Waals surface area contributed by atoms with Gasteiger partial charge < -0.3 is 5.73 Å². The topological polar surface area (TPSA) is 56.7 Å². The summed E-state index contributed by atoms with van der Waals surface area (Å²) in [7, 11) is 0. The van der Waals surface area contributed by atoms with Crippen LogP contribution in [0.4, 0.5) is 0 Å². The predicted molar refractivity (Wildman–Crippen MR) is 77.4 cm³/mol. The van der Waals surface area contributed by atoms with Crippen LogP contribution in [0.3, 0.4) is 0 Å². The van der Waals surface area contributed by atoms with Crippen LogP contribution in [-0.2, 0) is 5.41 Å². The number of rotatable bonds is 2. The average Bonchev–Trinajstić information content (AvgIpc) is 2.70. The second-order valence-electron chi connectivity index (χ2n) is 6.06. The van der Waals surface area contributed by atoms with Crippen LogP contribution in [0.25, 0.3) is 5.69 Å². The normalized spacial score (nSPS) is 13.6. The third kappa shape index (κ3) is 2.68. The van der Waals surface area contributed by atoms with Crippen molar-refractivity contribution < 1.29 is 0 Å². The van der Waals surface area contributed by atoms with E-state index >= 15 is 0 Å². The van der Waals surface area contributed by atoms with E-state index in [0.29, 0.717) is 0 Å². The number of hydrogen-bond donors (Lipinski definition) is 1. The molecule has 1 aromatic carbocycles. The van der Waals surface area contributed by atoms with E-state index in [0.717, 1.165) is 17.1 Å². The summed E-state index contributed by atoms with van der Waals surface area (Å²) < 4.78 is 1.84. The minimum absolute atomic E-state index is 0.0948. The summed E-state index contributed by atoms with van der Waals surface area (Å²) in [6.45, 7) is 10.5. The van der Waals surface area contributed by atoms with Crippen molar-refractivity contribution in [3.05, 3.63) is 41.2 Å². The summed E-state index contributed by atoms with van der Waals surface area (Å²) in [6.07, 6.45) is 0. The van der Waals surface area contributed by atoms with Gasteiger partial charge in [-0.3, -0.25) is 0 Å². The quantitative estimate of drug-likeness (QED) is 0.901. The molecule has 0 radical (unpaired) electrons. The fourth-order valence-corrected chi connectivity index (χ4v) is 2.11. The minimum atomic E-state index is -0.0948. The van der Waals surface area contributed by atoms with Gasteiger partial charge in [0.1, 0.15) is 5.69 Å². The van der Waals surface area contributed by atoms with Gasteiger partial charge in [-0.2, -0.15) is 0 Å². The van der Waals surface area contributed by atoms with Crippen molar-refractivity contribution in [3.63, 3.8) is 0 Å². The van der Waals surface area contributed by atoms with Crippen LogP contribution in [0.15, 0.2) is 24.3 Å². The molecule has 4 heteroatoms. The second-order valence-corrected chi connectivity index (χ2v) is 6.06. The first-order valence-corrected chi connectivity index (χ1v) is 6.59. The van der Waals surface area contributed by atoms with Gasteiger partial charge >= 0.3 is 0 Å². The van der Waals surface area contributed by atoms with Crippen molar-refractivity contribution in [3.8, 4) is 5.69 Å². The van der Waals surface area contributed by atoms with E-state index in [1.54, 1.807) is 0 Å². The highest BCUT2D eigenvalue weighted by Crippen LogP contribution is 2.24. The summed E-state index contributed by atoms with van der Waals surface area (Å²) in [5, 5.41) is 8.34. The Morgan fingerprint density at radius 2 is 1.74 bits per heavy atom. The molecule has 0 aliphatic rings. The van der Waals surface area contributed by atoms with Crippen LogP contribution in [0, 0.1) is 6.92 Å². The Morgan fingerprint density at radius 3 is 2.16 bits per heavy atom. The molecule has 0 bridgehead atoms. The smallest absolute Gasteiger partial charge is 0.102 e. The molecule has 2 aromatic rings. The molecule has 1 atom stereocenters. The summed E-state index contributed by atoms with van der Waals surface area (Å²) in [4.78, 5) is 0. The number of benzene rings is 1. The number of nitrogens with zero attached hydrogens (tertiary/aromatic N) is 3. The summed E-state index contributed by atoms with van der Waals surface area (Å²) in [6, 6.07) is 8.34. The lowest BCUT2D eigenvalue weighted by molar-refractivity contribution is 0.590. The Bertz CT molecular complexity index is 559. The highest BCUT2D eigenvalue weighted by molar-refractivity contribution is 5.38. The van der Waals surface area contributed by atoms with Crippen molar-refractivity contribution in [2.45, 2.75) is 46.1 Å². The van der Waals surface area contributed by atoms with E-state index in [1.807, 2.05) is 18.5 Å². The van der Waals surface area contributed by atoms with E-state index in [1.165, 1.54) is 5.56 Å². The molecule has 0 saturated carbocycles. The minimum Gasteiger partial charge on any atom is -0.323 e. The van der Waals surface area contributed by atoms with Crippen molar-refractivity contribution in [2.75, 3.05) is 0 Å². The maximum absolute atomic E-state index is 5.87. The highest BCUT2D eigenvalue weighted by atomic mass is 15.4. The molecular weight excluding hydrogens is 236 g/mol. The van der Waals surface area contributed by atoms with E-state index in [2.05, 4.69) is 55.3 Å². The highest BCUT2D eigenvalue weighted by Gasteiger charge is 2.15. The van der Waals surface area contributed by atoms with Crippen LogP contribution in [0.5, 0.6) is 0 Å². The molecular formula is C15H22N4. The van der Waals surface area contributed by atoms with Gasteiger partial charge in [-0.05, 0) is 37.0 Å². The lowest BCUT2D eigenvalue weighted by atomic mass is 9.87. The van der Waals surface area contributed by atoms with Crippen molar-refractivity contribution in [1.29, 1.82) is 0 Å². The monoisotopic (exact) mass is 258 g/mol. The fraction of sp³-hybridized carbons (Fsp3) is 0.467. The Hall–Kier alpha value is -1.68. The number of hydrogen-bond acceptors (Lipinski definition) is 3. The van der Waals surface area contributed by atoms with Gasteiger partial charge in [0.05, 0.1) is 11.4 Å². The second kappa shape index (κ2) is 4.78. The largest absolute Gasteiger partial charge is 0.323 e. The van der Waals surface area contributed by atoms with E-state index < -0.39 is 0 Å². The molecule has 0 amide bonds. The zero-order valence-corrected chi connectivity index (χ0v) is 12.3.